The van der Waals surface area contributed by atoms with E-state index in [2.05, 4.69) is 0 Å². The number of ether oxygens (including phenoxy) is 1. The second kappa shape index (κ2) is 5.95. The molecule has 1 aliphatic rings. The van der Waals surface area contributed by atoms with Crippen molar-refractivity contribution in [2.24, 2.45) is 17.5 Å². The van der Waals surface area contributed by atoms with E-state index in [1.807, 2.05) is 6.92 Å². The lowest BCUT2D eigenvalue weighted by atomic mass is 9.99. The average molecular weight is 304 g/mol. The highest BCUT2D eigenvalue weighted by Crippen LogP contribution is 2.23. The van der Waals surface area contributed by atoms with E-state index in [0.29, 0.717) is 19.1 Å². The first-order chi connectivity index (χ1) is 9.38. The third-order valence-corrected chi connectivity index (χ3v) is 3.67. The van der Waals surface area contributed by atoms with Gasteiger partial charge in [-0.25, -0.2) is 14.6 Å². The van der Waals surface area contributed by atoms with Crippen LogP contribution in [0.1, 0.15) is 12.5 Å². The van der Waals surface area contributed by atoms with E-state index in [1.165, 1.54) is 11.2 Å². The molecule has 0 aliphatic carbocycles. The first kappa shape index (κ1) is 15.0. The Bertz CT molecular complexity index is 515. The molecule has 0 aromatic heterocycles. The van der Waals surface area contributed by atoms with Gasteiger partial charge in [-0.15, -0.1) is 0 Å². The van der Waals surface area contributed by atoms with Crippen LogP contribution >= 0.6 is 11.6 Å². The van der Waals surface area contributed by atoms with Gasteiger partial charge >= 0.3 is 0 Å². The second-order valence-electron chi connectivity index (χ2n) is 4.83. The summed E-state index contributed by atoms with van der Waals surface area (Å²) in [6, 6.07) is 2.14. The number of hydrazine groups is 1. The van der Waals surface area contributed by atoms with E-state index in [4.69, 9.17) is 27.9 Å². The third-order valence-electron chi connectivity index (χ3n) is 3.30. The van der Waals surface area contributed by atoms with E-state index in [9.17, 15) is 8.78 Å². The fraction of sp³-hybridized carbons (Fsp3) is 0.385. The Morgan fingerprint density at radius 3 is 2.55 bits per heavy atom. The second-order valence-corrected chi connectivity index (χ2v) is 5.21. The van der Waals surface area contributed by atoms with Crippen LogP contribution in [0, 0.1) is 17.6 Å². The van der Waals surface area contributed by atoms with Gasteiger partial charge in [0.05, 0.1) is 18.4 Å². The third kappa shape index (κ3) is 3.20. The van der Waals surface area contributed by atoms with Gasteiger partial charge in [-0.3, -0.25) is 0 Å². The van der Waals surface area contributed by atoms with Crippen molar-refractivity contribution in [2.75, 3.05) is 13.2 Å². The molecular weight excluding hydrogens is 288 g/mol. The molecule has 0 radical (unpaired) electrons. The van der Waals surface area contributed by atoms with E-state index < -0.39 is 16.7 Å². The average Bonchev–Trinajstić information content (AvgIpc) is 2.39. The first-order valence-corrected chi connectivity index (χ1v) is 6.51. The molecule has 1 unspecified atom stereocenters. The van der Waals surface area contributed by atoms with Gasteiger partial charge in [-0.1, -0.05) is 11.6 Å². The van der Waals surface area contributed by atoms with Crippen LogP contribution in [0.3, 0.4) is 0 Å². The topological polar surface area (TPSA) is 64.5 Å². The van der Waals surface area contributed by atoms with Crippen LogP contribution in [0.15, 0.2) is 18.3 Å². The Morgan fingerprint density at radius 2 is 2.10 bits per heavy atom. The molecule has 0 spiro atoms. The molecule has 7 heteroatoms. The SMILES string of the molecule is C[C@H]1OCC1CN(N)/C=C(\N)c1cc(F)c(Cl)c(F)c1. The molecule has 2 rings (SSSR count). The standard InChI is InChI=1S/C13H16ClF2N3O/c1-7-9(6-20-7)4-19(18)5-12(17)8-2-10(15)13(14)11(16)3-8/h2-3,5,7,9H,4,6,17-18H2,1H3/b12-5-/t7-,9?/m1/s1. The van der Waals surface area contributed by atoms with Gasteiger partial charge in [-0.2, -0.15) is 0 Å². The fourth-order valence-electron chi connectivity index (χ4n) is 1.92. The highest BCUT2D eigenvalue weighted by molar-refractivity contribution is 6.30. The molecule has 20 heavy (non-hydrogen) atoms. The lowest BCUT2D eigenvalue weighted by molar-refractivity contribution is -0.109. The number of halogens is 3. The normalized spacial score (nSPS) is 22.6. The van der Waals surface area contributed by atoms with Crippen molar-refractivity contribution in [3.63, 3.8) is 0 Å². The highest BCUT2D eigenvalue weighted by atomic mass is 35.5. The Balaban J connectivity index is 2.09. The van der Waals surface area contributed by atoms with Crippen molar-refractivity contribution in [3.8, 4) is 0 Å². The minimum atomic E-state index is -0.859. The van der Waals surface area contributed by atoms with Crippen molar-refractivity contribution >= 4 is 17.3 Å². The Labute approximate surface area is 120 Å². The van der Waals surface area contributed by atoms with Gasteiger partial charge in [0.2, 0.25) is 0 Å². The molecule has 0 bridgehead atoms. The number of rotatable bonds is 4. The fourth-order valence-corrected chi connectivity index (χ4v) is 2.03. The smallest absolute Gasteiger partial charge is 0.145 e. The van der Waals surface area contributed by atoms with Crippen molar-refractivity contribution in [1.29, 1.82) is 0 Å². The summed E-state index contributed by atoms with van der Waals surface area (Å²) in [6.07, 6.45) is 1.59. The largest absolute Gasteiger partial charge is 0.397 e. The van der Waals surface area contributed by atoms with Crippen molar-refractivity contribution in [2.45, 2.75) is 13.0 Å². The van der Waals surface area contributed by atoms with Crippen LogP contribution < -0.4 is 11.6 Å². The Kier molecular flexibility index (Phi) is 4.47. The molecule has 2 atom stereocenters. The minimum Gasteiger partial charge on any atom is -0.397 e. The van der Waals surface area contributed by atoms with Gasteiger partial charge in [0.15, 0.2) is 0 Å². The number of nitrogens with zero attached hydrogens (tertiary/aromatic N) is 1. The lowest BCUT2D eigenvalue weighted by Crippen LogP contribution is -2.46. The first-order valence-electron chi connectivity index (χ1n) is 6.13. The van der Waals surface area contributed by atoms with Crippen LogP contribution in [0.4, 0.5) is 8.78 Å². The van der Waals surface area contributed by atoms with Crippen LogP contribution in [-0.4, -0.2) is 24.3 Å². The van der Waals surface area contributed by atoms with E-state index >= 15 is 0 Å². The molecule has 1 aliphatic heterocycles. The van der Waals surface area contributed by atoms with Gasteiger partial charge in [0.1, 0.15) is 16.7 Å². The minimum absolute atomic E-state index is 0.154. The quantitative estimate of drug-likeness (QED) is 0.508. The number of hydrogen-bond donors (Lipinski definition) is 2. The lowest BCUT2D eigenvalue weighted by Gasteiger charge is -2.36. The zero-order valence-corrected chi connectivity index (χ0v) is 11.7. The predicted molar refractivity (Wildman–Crippen MR) is 73.3 cm³/mol. The van der Waals surface area contributed by atoms with E-state index in [1.54, 1.807) is 0 Å². The molecule has 1 fully saturated rings. The van der Waals surface area contributed by atoms with Gasteiger partial charge in [0.25, 0.3) is 0 Å². The molecule has 1 heterocycles. The van der Waals surface area contributed by atoms with Gasteiger partial charge < -0.3 is 15.5 Å². The molecule has 4 nitrogen and oxygen atoms in total. The summed E-state index contributed by atoms with van der Waals surface area (Å²) in [5.41, 5.74) is 6.14. The number of nitrogens with two attached hydrogens (primary N) is 2. The summed E-state index contributed by atoms with van der Waals surface area (Å²) < 4.78 is 31.9. The molecule has 1 aromatic carbocycles. The molecule has 0 saturated carbocycles. The van der Waals surface area contributed by atoms with Gasteiger partial charge in [-0.05, 0) is 19.1 Å². The maximum absolute atomic E-state index is 13.3. The van der Waals surface area contributed by atoms with E-state index in [0.717, 1.165) is 12.1 Å². The maximum atomic E-state index is 13.3. The molecule has 110 valence electrons. The summed E-state index contributed by atoms with van der Waals surface area (Å²) in [4.78, 5) is 0. The van der Waals surface area contributed by atoms with Crippen LogP contribution in [0.25, 0.3) is 5.70 Å². The highest BCUT2D eigenvalue weighted by Gasteiger charge is 2.28. The van der Waals surface area contributed by atoms with Crippen molar-refractivity contribution in [1.82, 2.24) is 5.01 Å². The number of hydrogen-bond acceptors (Lipinski definition) is 4. The van der Waals surface area contributed by atoms with Crippen LogP contribution in [-0.2, 0) is 4.74 Å². The summed E-state index contributed by atoms with van der Waals surface area (Å²) in [5, 5.41) is 0.843. The molecule has 4 N–H and O–H groups in total. The van der Waals surface area contributed by atoms with E-state index in [-0.39, 0.29) is 17.4 Å². The van der Waals surface area contributed by atoms with Crippen molar-refractivity contribution < 1.29 is 13.5 Å². The summed E-state index contributed by atoms with van der Waals surface area (Å²) in [6.45, 7) is 3.16. The van der Waals surface area contributed by atoms with Crippen LogP contribution in [0.5, 0.6) is 0 Å². The number of benzene rings is 1. The maximum Gasteiger partial charge on any atom is 0.145 e. The molecule has 1 saturated heterocycles. The molecular formula is C13H16ClF2N3O. The Morgan fingerprint density at radius 1 is 1.50 bits per heavy atom. The van der Waals surface area contributed by atoms with Gasteiger partial charge in [0, 0.05) is 24.2 Å². The zero-order chi connectivity index (χ0) is 14.9. The zero-order valence-electron chi connectivity index (χ0n) is 10.9. The summed E-state index contributed by atoms with van der Waals surface area (Å²) in [5.74, 6) is 4.40. The van der Waals surface area contributed by atoms with Crippen molar-refractivity contribution in [3.05, 3.63) is 40.6 Å². The molecule has 1 aromatic rings. The molecule has 0 amide bonds. The Hall–Kier alpha value is -1.37. The monoisotopic (exact) mass is 303 g/mol. The summed E-state index contributed by atoms with van der Waals surface area (Å²) in [7, 11) is 0. The predicted octanol–water partition coefficient (Wildman–Crippen LogP) is 2.09. The summed E-state index contributed by atoms with van der Waals surface area (Å²) >= 11 is 5.41. The van der Waals surface area contributed by atoms with Crippen LogP contribution in [0.2, 0.25) is 5.02 Å².